The van der Waals surface area contributed by atoms with Crippen molar-refractivity contribution in [3.05, 3.63) is 47.9 Å². The fourth-order valence-corrected chi connectivity index (χ4v) is 2.67. The van der Waals surface area contributed by atoms with Crippen LogP contribution in [0.1, 0.15) is 11.1 Å². The molecule has 0 unspecified atom stereocenters. The van der Waals surface area contributed by atoms with E-state index in [1.54, 1.807) is 14.2 Å². The number of hydrogen-bond donors (Lipinski definition) is 1. The standard InChI is InChI=1S/C19H20N2O3/c1-11-5-6-13(7-12(11)2)18-17(21-10-24-18)14-8-15(20)19(23-4)16(9-14)22-3/h5-10H,20H2,1-4H3. The van der Waals surface area contributed by atoms with Crippen molar-refractivity contribution in [2.45, 2.75) is 13.8 Å². The number of nitrogen functional groups attached to an aromatic ring is 1. The molecule has 0 atom stereocenters. The van der Waals surface area contributed by atoms with Gasteiger partial charge < -0.3 is 19.6 Å². The van der Waals surface area contributed by atoms with E-state index in [0.29, 0.717) is 28.6 Å². The van der Waals surface area contributed by atoms with Gasteiger partial charge in [0.25, 0.3) is 0 Å². The van der Waals surface area contributed by atoms with E-state index in [9.17, 15) is 0 Å². The number of oxazole rings is 1. The van der Waals surface area contributed by atoms with Crippen LogP contribution in [0.25, 0.3) is 22.6 Å². The van der Waals surface area contributed by atoms with Crippen LogP contribution in [0.4, 0.5) is 5.69 Å². The fraction of sp³-hybridized carbons (Fsp3) is 0.211. The molecule has 0 spiro atoms. The van der Waals surface area contributed by atoms with Crippen LogP contribution in [0, 0.1) is 13.8 Å². The van der Waals surface area contributed by atoms with Gasteiger partial charge in [-0.15, -0.1) is 0 Å². The van der Waals surface area contributed by atoms with Crippen LogP contribution in [0.5, 0.6) is 11.5 Å². The smallest absolute Gasteiger partial charge is 0.183 e. The predicted molar refractivity (Wildman–Crippen MR) is 94.4 cm³/mol. The molecule has 0 aliphatic heterocycles. The molecule has 2 aromatic carbocycles. The quantitative estimate of drug-likeness (QED) is 0.727. The lowest BCUT2D eigenvalue weighted by atomic mass is 10.0. The molecular formula is C19H20N2O3. The normalized spacial score (nSPS) is 10.7. The molecule has 0 amide bonds. The summed E-state index contributed by atoms with van der Waals surface area (Å²) in [5, 5.41) is 0. The number of hydrogen-bond acceptors (Lipinski definition) is 5. The molecule has 2 N–H and O–H groups in total. The molecule has 0 fully saturated rings. The summed E-state index contributed by atoms with van der Waals surface area (Å²) in [5.74, 6) is 1.77. The highest BCUT2D eigenvalue weighted by atomic mass is 16.5. The Balaban J connectivity index is 2.14. The van der Waals surface area contributed by atoms with Crippen molar-refractivity contribution in [1.29, 1.82) is 0 Å². The van der Waals surface area contributed by atoms with Crippen LogP contribution in [-0.4, -0.2) is 19.2 Å². The Morgan fingerprint density at radius 1 is 0.958 bits per heavy atom. The van der Waals surface area contributed by atoms with Gasteiger partial charge in [-0.2, -0.15) is 0 Å². The molecule has 0 saturated carbocycles. The SMILES string of the molecule is COc1cc(-c2ncoc2-c2ccc(C)c(C)c2)cc(N)c1OC. The number of nitrogens with two attached hydrogens (primary N) is 1. The first-order valence-electron chi connectivity index (χ1n) is 7.58. The lowest BCUT2D eigenvalue weighted by Crippen LogP contribution is -1.97. The molecule has 1 heterocycles. The Hall–Kier alpha value is -2.95. The van der Waals surface area contributed by atoms with Crippen LogP contribution in [0.15, 0.2) is 41.1 Å². The minimum Gasteiger partial charge on any atom is -0.493 e. The Morgan fingerprint density at radius 3 is 2.42 bits per heavy atom. The monoisotopic (exact) mass is 324 g/mol. The number of ether oxygens (including phenoxy) is 2. The molecule has 5 nitrogen and oxygen atoms in total. The zero-order valence-electron chi connectivity index (χ0n) is 14.2. The van der Waals surface area contributed by atoms with Gasteiger partial charge in [0.05, 0.1) is 19.9 Å². The van der Waals surface area contributed by atoms with E-state index in [1.807, 2.05) is 18.2 Å². The first kappa shape index (κ1) is 15.9. The summed E-state index contributed by atoms with van der Waals surface area (Å²) in [5.41, 5.74) is 11.5. The van der Waals surface area contributed by atoms with E-state index in [0.717, 1.165) is 11.1 Å². The molecule has 0 aliphatic rings. The molecule has 0 saturated heterocycles. The molecule has 1 aromatic heterocycles. The maximum atomic E-state index is 6.08. The van der Waals surface area contributed by atoms with Crippen molar-refractivity contribution in [1.82, 2.24) is 4.98 Å². The van der Waals surface area contributed by atoms with Gasteiger partial charge in [0.15, 0.2) is 23.7 Å². The van der Waals surface area contributed by atoms with Gasteiger partial charge in [0, 0.05) is 11.1 Å². The van der Waals surface area contributed by atoms with Crippen LogP contribution >= 0.6 is 0 Å². The van der Waals surface area contributed by atoms with E-state index in [-0.39, 0.29) is 0 Å². The van der Waals surface area contributed by atoms with Crippen molar-refractivity contribution in [2.24, 2.45) is 0 Å². The van der Waals surface area contributed by atoms with Gasteiger partial charge in [-0.25, -0.2) is 4.98 Å². The van der Waals surface area contributed by atoms with Crippen LogP contribution < -0.4 is 15.2 Å². The third kappa shape index (κ3) is 2.69. The lowest BCUT2D eigenvalue weighted by molar-refractivity contribution is 0.356. The number of aromatic nitrogens is 1. The largest absolute Gasteiger partial charge is 0.493 e. The van der Waals surface area contributed by atoms with Gasteiger partial charge >= 0.3 is 0 Å². The minimum atomic E-state index is 0.487. The van der Waals surface area contributed by atoms with E-state index in [4.69, 9.17) is 19.6 Å². The zero-order chi connectivity index (χ0) is 17.3. The summed E-state index contributed by atoms with van der Waals surface area (Å²) in [4.78, 5) is 4.37. The van der Waals surface area contributed by atoms with Crippen LogP contribution in [0.2, 0.25) is 0 Å². The Morgan fingerprint density at radius 2 is 1.75 bits per heavy atom. The highest BCUT2D eigenvalue weighted by Crippen LogP contribution is 2.40. The van der Waals surface area contributed by atoms with Gasteiger partial charge in [-0.05, 0) is 43.2 Å². The predicted octanol–water partition coefficient (Wildman–Crippen LogP) is 4.22. The lowest BCUT2D eigenvalue weighted by Gasteiger charge is -2.12. The van der Waals surface area contributed by atoms with E-state index in [1.165, 1.54) is 17.5 Å². The number of aryl methyl sites for hydroxylation is 2. The number of methoxy groups -OCH3 is 2. The third-order valence-corrected chi connectivity index (χ3v) is 4.12. The van der Waals surface area contributed by atoms with Gasteiger partial charge in [-0.3, -0.25) is 0 Å². The molecule has 24 heavy (non-hydrogen) atoms. The van der Waals surface area contributed by atoms with Crippen LogP contribution in [-0.2, 0) is 0 Å². The van der Waals surface area contributed by atoms with E-state index >= 15 is 0 Å². The second-order valence-electron chi connectivity index (χ2n) is 5.63. The molecule has 124 valence electrons. The Bertz CT molecular complexity index is 884. The average molecular weight is 324 g/mol. The summed E-state index contributed by atoms with van der Waals surface area (Å²) in [7, 11) is 3.14. The summed E-state index contributed by atoms with van der Waals surface area (Å²) in [6.07, 6.45) is 1.44. The van der Waals surface area contributed by atoms with Gasteiger partial charge in [0.1, 0.15) is 5.69 Å². The first-order chi connectivity index (χ1) is 11.5. The number of benzene rings is 2. The zero-order valence-corrected chi connectivity index (χ0v) is 14.2. The number of rotatable bonds is 4. The molecule has 0 radical (unpaired) electrons. The van der Waals surface area contributed by atoms with Gasteiger partial charge in [0.2, 0.25) is 0 Å². The fourth-order valence-electron chi connectivity index (χ4n) is 2.67. The first-order valence-corrected chi connectivity index (χ1v) is 7.58. The molecule has 0 bridgehead atoms. The third-order valence-electron chi connectivity index (χ3n) is 4.12. The summed E-state index contributed by atoms with van der Waals surface area (Å²) < 4.78 is 16.3. The second-order valence-corrected chi connectivity index (χ2v) is 5.63. The van der Waals surface area contributed by atoms with Crippen LogP contribution in [0.3, 0.4) is 0 Å². The highest BCUT2D eigenvalue weighted by molar-refractivity contribution is 5.81. The summed E-state index contributed by atoms with van der Waals surface area (Å²) >= 11 is 0. The number of anilines is 1. The molecule has 5 heteroatoms. The minimum absolute atomic E-state index is 0.487. The summed E-state index contributed by atoms with van der Waals surface area (Å²) in [6.45, 7) is 4.15. The van der Waals surface area contributed by atoms with E-state index in [2.05, 4.69) is 31.0 Å². The van der Waals surface area contributed by atoms with Crippen molar-refractivity contribution in [3.8, 4) is 34.1 Å². The average Bonchev–Trinajstić information content (AvgIpc) is 3.06. The van der Waals surface area contributed by atoms with Gasteiger partial charge in [-0.1, -0.05) is 12.1 Å². The molecule has 3 aromatic rings. The van der Waals surface area contributed by atoms with Crippen molar-refractivity contribution in [2.75, 3.05) is 20.0 Å². The topological polar surface area (TPSA) is 70.5 Å². The maximum absolute atomic E-state index is 6.08. The summed E-state index contributed by atoms with van der Waals surface area (Å²) in [6, 6.07) is 9.83. The second kappa shape index (κ2) is 6.28. The van der Waals surface area contributed by atoms with E-state index < -0.39 is 0 Å². The van der Waals surface area contributed by atoms with Crippen molar-refractivity contribution < 1.29 is 13.9 Å². The Kier molecular flexibility index (Phi) is 4.16. The highest BCUT2D eigenvalue weighted by Gasteiger charge is 2.17. The molecular weight excluding hydrogens is 304 g/mol. The van der Waals surface area contributed by atoms with Crippen molar-refractivity contribution >= 4 is 5.69 Å². The Labute approximate surface area is 141 Å². The molecule has 0 aliphatic carbocycles. The molecule has 3 rings (SSSR count). The van der Waals surface area contributed by atoms with Crippen molar-refractivity contribution in [3.63, 3.8) is 0 Å². The maximum Gasteiger partial charge on any atom is 0.183 e. The number of nitrogens with zero attached hydrogens (tertiary/aromatic N) is 1.